The van der Waals surface area contributed by atoms with Crippen molar-refractivity contribution in [2.24, 2.45) is 0 Å². The molecule has 114 valence electrons. The minimum absolute atomic E-state index is 0.0636. The first-order valence-electron chi connectivity index (χ1n) is 7.23. The summed E-state index contributed by atoms with van der Waals surface area (Å²) >= 11 is 0. The van der Waals surface area contributed by atoms with Gasteiger partial charge in [-0.2, -0.15) is 0 Å². The Balaban J connectivity index is 2.32. The Labute approximate surface area is 126 Å². The van der Waals surface area contributed by atoms with Gasteiger partial charge in [0.25, 0.3) is 5.91 Å². The van der Waals surface area contributed by atoms with Crippen LogP contribution in [0, 0.1) is 0 Å². The third-order valence-corrected chi connectivity index (χ3v) is 5.65. The first-order valence-corrected chi connectivity index (χ1v) is 8.88. The molecule has 0 aliphatic carbocycles. The summed E-state index contributed by atoms with van der Waals surface area (Å²) in [5.41, 5.74) is 1.43. The average molecular weight is 307 g/mol. The molecule has 0 unspecified atom stereocenters. The van der Waals surface area contributed by atoms with E-state index >= 15 is 0 Å². The van der Waals surface area contributed by atoms with Crippen LogP contribution in [-0.4, -0.2) is 38.1 Å². The zero-order chi connectivity index (χ0) is 15.5. The average Bonchev–Trinajstić information content (AvgIpc) is 2.47. The predicted octanol–water partition coefficient (Wildman–Crippen LogP) is 2.66. The number of carbonyl (C=O) groups is 1. The molecule has 1 amide bonds. The SMILES string of the molecule is C=C1CCN(C(=O)c2ccccc2S(=O)(=O)CCC)CC1. The molecule has 1 aliphatic rings. The number of likely N-dealkylation sites (tertiary alicyclic amines) is 1. The molecule has 5 heteroatoms. The zero-order valence-electron chi connectivity index (χ0n) is 12.3. The van der Waals surface area contributed by atoms with Crippen LogP contribution in [0.1, 0.15) is 36.5 Å². The van der Waals surface area contributed by atoms with E-state index in [-0.39, 0.29) is 16.6 Å². The Morgan fingerprint density at radius 2 is 1.86 bits per heavy atom. The van der Waals surface area contributed by atoms with Gasteiger partial charge < -0.3 is 4.90 Å². The fourth-order valence-electron chi connectivity index (χ4n) is 2.49. The normalized spacial score (nSPS) is 16.0. The maximum absolute atomic E-state index is 12.6. The second kappa shape index (κ2) is 6.43. The smallest absolute Gasteiger partial charge is 0.255 e. The molecule has 0 N–H and O–H groups in total. The molecule has 21 heavy (non-hydrogen) atoms. The number of nitrogens with zero attached hydrogens (tertiary/aromatic N) is 1. The van der Waals surface area contributed by atoms with Gasteiger partial charge >= 0.3 is 0 Å². The summed E-state index contributed by atoms with van der Waals surface area (Å²) in [5.74, 6) is -0.133. The monoisotopic (exact) mass is 307 g/mol. The fraction of sp³-hybridized carbons (Fsp3) is 0.438. The van der Waals surface area contributed by atoms with Crippen LogP contribution in [0.15, 0.2) is 41.3 Å². The van der Waals surface area contributed by atoms with Gasteiger partial charge in [-0.15, -0.1) is 0 Å². The molecule has 0 saturated carbocycles. The van der Waals surface area contributed by atoms with Crippen molar-refractivity contribution in [1.29, 1.82) is 0 Å². The molecule has 0 atom stereocenters. The Kier molecular flexibility index (Phi) is 4.83. The maximum Gasteiger partial charge on any atom is 0.255 e. The van der Waals surface area contributed by atoms with E-state index in [0.717, 1.165) is 18.4 Å². The molecule has 1 aromatic carbocycles. The quantitative estimate of drug-likeness (QED) is 0.804. The number of hydrogen-bond donors (Lipinski definition) is 0. The summed E-state index contributed by atoms with van der Waals surface area (Å²) in [5, 5.41) is 0. The number of carbonyl (C=O) groups excluding carboxylic acids is 1. The Bertz CT molecular complexity index is 639. The molecule has 1 heterocycles. The molecule has 1 aliphatic heterocycles. The van der Waals surface area contributed by atoms with Gasteiger partial charge in [0.05, 0.1) is 16.2 Å². The van der Waals surface area contributed by atoms with Crippen molar-refractivity contribution in [2.75, 3.05) is 18.8 Å². The highest BCUT2D eigenvalue weighted by Crippen LogP contribution is 2.22. The molecule has 0 radical (unpaired) electrons. The van der Waals surface area contributed by atoms with Crippen LogP contribution in [-0.2, 0) is 9.84 Å². The van der Waals surface area contributed by atoms with Gasteiger partial charge in [-0.05, 0) is 31.4 Å². The van der Waals surface area contributed by atoms with Gasteiger partial charge in [-0.3, -0.25) is 4.79 Å². The van der Waals surface area contributed by atoms with Crippen molar-refractivity contribution in [3.8, 4) is 0 Å². The Morgan fingerprint density at radius 3 is 2.48 bits per heavy atom. The number of rotatable bonds is 4. The molecule has 0 spiro atoms. The van der Waals surface area contributed by atoms with Crippen molar-refractivity contribution >= 4 is 15.7 Å². The van der Waals surface area contributed by atoms with Gasteiger partial charge in [-0.25, -0.2) is 8.42 Å². The predicted molar refractivity (Wildman–Crippen MR) is 83.1 cm³/mol. The minimum atomic E-state index is -3.40. The number of benzene rings is 1. The van der Waals surface area contributed by atoms with E-state index in [9.17, 15) is 13.2 Å². The summed E-state index contributed by atoms with van der Waals surface area (Å²) in [7, 11) is -3.40. The lowest BCUT2D eigenvalue weighted by molar-refractivity contribution is 0.0740. The standard InChI is InChI=1S/C16H21NO3S/c1-3-12-21(19,20)15-7-5-4-6-14(15)16(18)17-10-8-13(2)9-11-17/h4-7H,2-3,8-12H2,1H3. The van der Waals surface area contributed by atoms with Gasteiger partial charge in [0.2, 0.25) is 0 Å². The molecule has 0 aromatic heterocycles. The molecule has 1 aromatic rings. The van der Waals surface area contributed by atoms with E-state index in [1.807, 2.05) is 6.92 Å². The van der Waals surface area contributed by atoms with Crippen LogP contribution in [0.25, 0.3) is 0 Å². The maximum atomic E-state index is 12.6. The highest BCUT2D eigenvalue weighted by molar-refractivity contribution is 7.91. The van der Waals surface area contributed by atoms with Crippen LogP contribution in [0.4, 0.5) is 0 Å². The number of amides is 1. The molecular weight excluding hydrogens is 286 g/mol. The third kappa shape index (κ3) is 3.53. The first kappa shape index (κ1) is 15.8. The van der Waals surface area contributed by atoms with E-state index in [4.69, 9.17) is 0 Å². The summed E-state index contributed by atoms with van der Waals surface area (Å²) in [6, 6.07) is 6.51. The van der Waals surface area contributed by atoms with Crippen LogP contribution < -0.4 is 0 Å². The molecule has 4 nitrogen and oxygen atoms in total. The Morgan fingerprint density at radius 1 is 1.24 bits per heavy atom. The largest absolute Gasteiger partial charge is 0.338 e. The molecular formula is C16H21NO3S. The van der Waals surface area contributed by atoms with Gasteiger partial charge in [0, 0.05) is 13.1 Å². The zero-order valence-corrected chi connectivity index (χ0v) is 13.2. The van der Waals surface area contributed by atoms with Crippen molar-refractivity contribution < 1.29 is 13.2 Å². The lowest BCUT2D eigenvalue weighted by Gasteiger charge is -2.28. The molecule has 2 rings (SSSR count). The van der Waals surface area contributed by atoms with Crippen LogP contribution in [0.5, 0.6) is 0 Å². The van der Waals surface area contributed by atoms with Gasteiger partial charge in [0.15, 0.2) is 9.84 Å². The highest BCUT2D eigenvalue weighted by Gasteiger charge is 2.26. The van der Waals surface area contributed by atoms with Crippen LogP contribution in [0.3, 0.4) is 0 Å². The topological polar surface area (TPSA) is 54.5 Å². The van der Waals surface area contributed by atoms with Crippen LogP contribution in [0.2, 0.25) is 0 Å². The minimum Gasteiger partial charge on any atom is -0.338 e. The van der Waals surface area contributed by atoms with Crippen molar-refractivity contribution in [1.82, 2.24) is 4.90 Å². The number of sulfone groups is 1. The number of hydrogen-bond acceptors (Lipinski definition) is 3. The van der Waals surface area contributed by atoms with E-state index in [1.54, 1.807) is 23.1 Å². The molecule has 1 saturated heterocycles. The van der Waals surface area contributed by atoms with Crippen LogP contribution >= 0.6 is 0 Å². The second-order valence-corrected chi connectivity index (χ2v) is 7.43. The summed E-state index contributed by atoms with van der Waals surface area (Å²) < 4.78 is 24.6. The highest BCUT2D eigenvalue weighted by atomic mass is 32.2. The number of piperidine rings is 1. The summed E-state index contributed by atoms with van der Waals surface area (Å²) in [4.78, 5) is 14.5. The summed E-state index contributed by atoms with van der Waals surface area (Å²) in [6.07, 6.45) is 2.11. The van der Waals surface area contributed by atoms with E-state index in [0.29, 0.717) is 25.1 Å². The Hall–Kier alpha value is -1.62. The summed E-state index contributed by atoms with van der Waals surface area (Å²) in [6.45, 7) is 6.97. The van der Waals surface area contributed by atoms with Gasteiger partial charge in [-0.1, -0.05) is 31.2 Å². The lowest BCUT2D eigenvalue weighted by atomic mass is 10.0. The van der Waals surface area contributed by atoms with Crippen molar-refractivity contribution in [3.63, 3.8) is 0 Å². The third-order valence-electron chi connectivity index (χ3n) is 3.68. The molecule has 0 bridgehead atoms. The fourth-order valence-corrected chi connectivity index (χ4v) is 4.02. The van der Waals surface area contributed by atoms with Gasteiger partial charge in [0.1, 0.15) is 0 Å². The van der Waals surface area contributed by atoms with Crippen molar-refractivity contribution in [2.45, 2.75) is 31.1 Å². The lowest BCUT2D eigenvalue weighted by Crippen LogP contribution is -2.37. The van der Waals surface area contributed by atoms with E-state index in [1.165, 1.54) is 6.07 Å². The second-order valence-electron chi connectivity index (χ2n) is 5.36. The van der Waals surface area contributed by atoms with Crippen molar-refractivity contribution in [3.05, 3.63) is 42.0 Å². The molecule has 1 fully saturated rings. The first-order chi connectivity index (χ1) is 9.95. The van der Waals surface area contributed by atoms with E-state index in [2.05, 4.69) is 6.58 Å². The van der Waals surface area contributed by atoms with E-state index < -0.39 is 9.84 Å².